The van der Waals surface area contributed by atoms with Crippen LogP contribution in [0.15, 0.2) is 18.2 Å². The summed E-state index contributed by atoms with van der Waals surface area (Å²) in [5.74, 6) is -0.444. The summed E-state index contributed by atoms with van der Waals surface area (Å²) >= 11 is 0. The average Bonchev–Trinajstić information content (AvgIpc) is 2.37. The summed E-state index contributed by atoms with van der Waals surface area (Å²) in [5.41, 5.74) is 0.365. The van der Waals surface area contributed by atoms with Crippen molar-refractivity contribution in [3.8, 4) is 5.75 Å². The van der Waals surface area contributed by atoms with Crippen LogP contribution in [-0.4, -0.2) is 12.9 Å². The Labute approximate surface area is 108 Å². The number of ether oxygens (including phenoxy) is 1. The predicted octanol–water partition coefficient (Wildman–Crippen LogP) is 4.23. The summed E-state index contributed by atoms with van der Waals surface area (Å²) in [4.78, 5) is 12.4. The van der Waals surface area contributed by atoms with E-state index in [-0.39, 0.29) is 17.5 Å². The molecular formula is C15H21FO2. The van der Waals surface area contributed by atoms with Crippen LogP contribution in [0.4, 0.5) is 4.39 Å². The lowest BCUT2D eigenvalue weighted by Gasteiger charge is -2.16. The number of rotatable bonds is 7. The molecule has 1 aromatic carbocycles. The van der Waals surface area contributed by atoms with E-state index < -0.39 is 5.82 Å². The smallest absolute Gasteiger partial charge is 0.169 e. The highest BCUT2D eigenvalue weighted by atomic mass is 19.1. The summed E-state index contributed by atoms with van der Waals surface area (Å²) in [6.07, 6.45) is 3.58. The lowest BCUT2D eigenvalue weighted by atomic mass is 9.89. The maximum absolute atomic E-state index is 13.6. The van der Waals surface area contributed by atoms with Crippen molar-refractivity contribution >= 4 is 5.78 Å². The molecule has 0 spiro atoms. The van der Waals surface area contributed by atoms with Gasteiger partial charge >= 0.3 is 0 Å². The Bertz CT molecular complexity index is 395. The molecule has 0 unspecified atom stereocenters. The van der Waals surface area contributed by atoms with Crippen LogP contribution in [0.5, 0.6) is 5.75 Å². The minimum absolute atomic E-state index is 0.00458. The Morgan fingerprint density at radius 1 is 1.28 bits per heavy atom. The maximum Gasteiger partial charge on any atom is 0.169 e. The van der Waals surface area contributed by atoms with Crippen LogP contribution in [0.1, 0.15) is 49.9 Å². The molecule has 1 rings (SSSR count). The normalized spacial score (nSPS) is 10.7. The van der Waals surface area contributed by atoms with E-state index >= 15 is 0 Å². The highest BCUT2D eigenvalue weighted by molar-refractivity contribution is 6.00. The van der Waals surface area contributed by atoms with Crippen molar-refractivity contribution in [3.63, 3.8) is 0 Å². The van der Waals surface area contributed by atoms with Gasteiger partial charge in [0.1, 0.15) is 0 Å². The number of para-hydroxylation sites is 1. The number of Topliss-reactive ketones (excluding diaryl/α,β-unsaturated/α-hetero) is 1. The zero-order valence-electron chi connectivity index (χ0n) is 11.3. The third-order valence-corrected chi connectivity index (χ3v) is 3.08. The van der Waals surface area contributed by atoms with Crippen molar-refractivity contribution in [3.05, 3.63) is 29.6 Å². The van der Waals surface area contributed by atoms with E-state index in [0.29, 0.717) is 5.56 Å². The van der Waals surface area contributed by atoms with Crippen molar-refractivity contribution in [2.75, 3.05) is 7.11 Å². The van der Waals surface area contributed by atoms with E-state index in [4.69, 9.17) is 4.74 Å². The molecule has 100 valence electrons. The minimum atomic E-state index is -0.477. The van der Waals surface area contributed by atoms with Gasteiger partial charge in [-0.2, -0.15) is 0 Å². The Balaban J connectivity index is 3.04. The molecule has 0 aliphatic rings. The van der Waals surface area contributed by atoms with Crippen molar-refractivity contribution in [2.24, 2.45) is 5.92 Å². The summed E-state index contributed by atoms with van der Waals surface area (Å²) in [6, 6.07) is 4.51. The Kier molecular flexibility index (Phi) is 5.83. The monoisotopic (exact) mass is 252 g/mol. The van der Waals surface area contributed by atoms with Gasteiger partial charge in [0.2, 0.25) is 0 Å². The predicted molar refractivity (Wildman–Crippen MR) is 70.6 cm³/mol. The van der Waals surface area contributed by atoms with E-state index in [1.54, 1.807) is 12.1 Å². The van der Waals surface area contributed by atoms with Gasteiger partial charge in [0, 0.05) is 5.92 Å². The molecule has 18 heavy (non-hydrogen) atoms. The molecule has 0 radical (unpaired) electrons. The Hall–Kier alpha value is -1.38. The van der Waals surface area contributed by atoms with Crippen molar-refractivity contribution in [1.29, 1.82) is 0 Å². The van der Waals surface area contributed by atoms with E-state index in [2.05, 4.69) is 13.8 Å². The second kappa shape index (κ2) is 7.14. The summed E-state index contributed by atoms with van der Waals surface area (Å²) < 4.78 is 18.6. The van der Waals surface area contributed by atoms with E-state index in [0.717, 1.165) is 25.7 Å². The minimum Gasteiger partial charge on any atom is -0.493 e. The molecule has 0 N–H and O–H groups in total. The summed E-state index contributed by atoms with van der Waals surface area (Å²) in [7, 11) is 1.39. The Morgan fingerprint density at radius 3 is 2.39 bits per heavy atom. The number of benzene rings is 1. The number of carbonyl (C=O) groups is 1. The molecule has 0 bridgehead atoms. The first-order valence-electron chi connectivity index (χ1n) is 6.52. The van der Waals surface area contributed by atoms with Crippen LogP contribution in [0.25, 0.3) is 0 Å². The molecule has 0 saturated carbocycles. The highest BCUT2D eigenvalue weighted by Crippen LogP contribution is 2.28. The van der Waals surface area contributed by atoms with Crippen LogP contribution in [0, 0.1) is 11.7 Å². The molecule has 2 nitrogen and oxygen atoms in total. The van der Waals surface area contributed by atoms with Gasteiger partial charge in [-0.1, -0.05) is 32.8 Å². The van der Waals surface area contributed by atoms with Crippen molar-refractivity contribution in [2.45, 2.75) is 39.5 Å². The van der Waals surface area contributed by atoms with Gasteiger partial charge in [0.25, 0.3) is 0 Å². The molecular weight excluding hydrogens is 231 g/mol. The van der Waals surface area contributed by atoms with Gasteiger partial charge in [-0.15, -0.1) is 0 Å². The van der Waals surface area contributed by atoms with Crippen molar-refractivity contribution in [1.82, 2.24) is 0 Å². The van der Waals surface area contributed by atoms with E-state index in [1.165, 1.54) is 13.2 Å². The van der Waals surface area contributed by atoms with Gasteiger partial charge in [0.05, 0.1) is 12.7 Å². The lowest BCUT2D eigenvalue weighted by molar-refractivity contribution is 0.0901. The molecule has 0 aliphatic heterocycles. The van der Waals surface area contributed by atoms with Gasteiger partial charge in [-0.25, -0.2) is 4.39 Å². The first-order chi connectivity index (χ1) is 8.65. The van der Waals surface area contributed by atoms with Crippen LogP contribution >= 0.6 is 0 Å². The summed E-state index contributed by atoms with van der Waals surface area (Å²) in [5, 5.41) is 0. The lowest BCUT2D eigenvalue weighted by Crippen LogP contribution is -2.16. The number of hydrogen-bond donors (Lipinski definition) is 0. The number of methoxy groups -OCH3 is 1. The fraction of sp³-hybridized carbons (Fsp3) is 0.533. The molecule has 3 heteroatoms. The van der Waals surface area contributed by atoms with Crippen LogP contribution in [0.3, 0.4) is 0 Å². The van der Waals surface area contributed by atoms with Crippen molar-refractivity contribution < 1.29 is 13.9 Å². The molecule has 0 fully saturated rings. The van der Waals surface area contributed by atoms with Gasteiger partial charge in [-0.05, 0) is 25.0 Å². The topological polar surface area (TPSA) is 26.3 Å². The zero-order chi connectivity index (χ0) is 13.5. The fourth-order valence-corrected chi connectivity index (χ4v) is 2.23. The molecule has 0 aliphatic carbocycles. The van der Waals surface area contributed by atoms with E-state index in [9.17, 15) is 9.18 Å². The fourth-order valence-electron chi connectivity index (χ4n) is 2.23. The molecule has 1 aromatic rings. The second-order valence-corrected chi connectivity index (χ2v) is 4.46. The number of ketones is 1. The quantitative estimate of drug-likeness (QED) is 0.679. The zero-order valence-corrected chi connectivity index (χ0v) is 11.3. The molecule has 0 heterocycles. The first-order valence-corrected chi connectivity index (χ1v) is 6.52. The SMILES string of the molecule is CCCC(CCC)C(=O)c1cccc(F)c1OC. The average molecular weight is 252 g/mol. The Morgan fingerprint density at radius 2 is 1.89 bits per heavy atom. The molecule has 0 saturated heterocycles. The molecule has 0 aromatic heterocycles. The van der Waals surface area contributed by atoms with Gasteiger partial charge in [0.15, 0.2) is 17.3 Å². The summed E-state index contributed by atoms with van der Waals surface area (Å²) in [6.45, 7) is 4.11. The van der Waals surface area contributed by atoms with E-state index in [1.807, 2.05) is 0 Å². The van der Waals surface area contributed by atoms with Crippen LogP contribution in [-0.2, 0) is 0 Å². The molecule has 0 atom stereocenters. The van der Waals surface area contributed by atoms with Gasteiger partial charge in [-0.3, -0.25) is 4.79 Å². The first kappa shape index (κ1) is 14.7. The second-order valence-electron chi connectivity index (χ2n) is 4.46. The van der Waals surface area contributed by atoms with Gasteiger partial charge < -0.3 is 4.74 Å². The standard InChI is InChI=1S/C15H21FO2/c1-4-7-11(8-5-2)14(17)12-9-6-10-13(16)15(12)18-3/h6,9-11H,4-5,7-8H2,1-3H3. The third-order valence-electron chi connectivity index (χ3n) is 3.08. The number of carbonyl (C=O) groups excluding carboxylic acids is 1. The van der Waals surface area contributed by atoms with Crippen LogP contribution < -0.4 is 4.74 Å². The van der Waals surface area contributed by atoms with Crippen LogP contribution in [0.2, 0.25) is 0 Å². The largest absolute Gasteiger partial charge is 0.493 e. The highest BCUT2D eigenvalue weighted by Gasteiger charge is 2.23. The molecule has 0 amide bonds. The number of halogens is 1. The maximum atomic E-state index is 13.6. The number of hydrogen-bond acceptors (Lipinski definition) is 2. The third kappa shape index (κ3) is 3.31.